The van der Waals surface area contributed by atoms with Gasteiger partial charge in [-0.15, -0.1) is 0 Å². The standard InChI is InChI=1S/C8H10BrN.C8H11NO.C6H7N/c1-6-4-3-5-10-8(6)7(2)9;1-6-4-3-5-9-8(6)7(2)10;1-6-3-2-4-7-5-6/h3-5,7H,1-2H3;3-5,7,10H,1-2H3;2-5H,1H3. The highest BCUT2D eigenvalue weighted by molar-refractivity contribution is 9.09. The molecular formula is C22H28BrN3O. The van der Waals surface area contributed by atoms with Crippen molar-refractivity contribution in [2.45, 2.75) is 45.5 Å². The third-order valence-corrected chi connectivity index (χ3v) is 4.12. The Labute approximate surface area is 170 Å². The van der Waals surface area contributed by atoms with Gasteiger partial charge in [-0.25, -0.2) is 0 Å². The Morgan fingerprint density at radius 1 is 0.815 bits per heavy atom. The van der Waals surface area contributed by atoms with Crippen LogP contribution in [0.5, 0.6) is 0 Å². The second-order valence-electron chi connectivity index (χ2n) is 6.23. The monoisotopic (exact) mass is 429 g/mol. The first-order valence-corrected chi connectivity index (χ1v) is 9.76. The van der Waals surface area contributed by atoms with Crippen molar-refractivity contribution in [1.82, 2.24) is 15.0 Å². The Morgan fingerprint density at radius 3 is 1.59 bits per heavy atom. The Balaban J connectivity index is 0.000000206. The molecule has 0 radical (unpaired) electrons. The fourth-order valence-electron chi connectivity index (χ4n) is 2.30. The zero-order valence-electron chi connectivity index (χ0n) is 16.6. The van der Waals surface area contributed by atoms with E-state index in [4.69, 9.17) is 5.11 Å². The first kappa shape index (κ1) is 22.9. The van der Waals surface area contributed by atoms with Crippen LogP contribution in [0.2, 0.25) is 0 Å². The quantitative estimate of drug-likeness (QED) is 0.532. The normalized spacial score (nSPS) is 12.0. The van der Waals surface area contributed by atoms with Crippen LogP contribution in [0.4, 0.5) is 0 Å². The number of rotatable bonds is 2. The smallest absolute Gasteiger partial charge is 0.0934 e. The number of pyridine rings is 3. The van der Waals surface area contributed by atoms with Crippen molar-refractivity contribution in [3.8, 4) is 0 Å². The van der Waals surface area contributed by atoms with Gasteiger partial charge in [-0.05, 0) is 69.5 Å². The SMILES string of the molecule is Cc1cccnc1.Cc1cccnc1C(C)Br.Cc1cccnc1C(C)O. The first-order chi connectivity index (χ1) is 12.8. The molecule has 0 fully saturated rings. The minimum atomic E-state index is -0.457. The van der Waals surface area contributed by atoms with Crippen molar-refractivity contribution < 1.29 is 5.11 Å². The van der Waals surface area contributed by atoms with Gasteiger partial charge in [0.25, 0.3) is 0 Å². The largest absolute Gasteiger partial charge is 0.387 e. The van der Waals surface area contributed by atoms with Crippen molar-refractivity contribution in [2.75, 3.05) is 0 Å². The van der Waals surface area contributed by atoms with E-state index in [1.807, 2.05) is 56.6 Å². The van der Waals surface area contributed by atoms with Gasteiger partial charge in [-0.3, -0.25) is 15.0 Å². The average Bonchev–Trinajstić information content (AvgIpc) is 2.64. The lowest BCUT2D eigenvalue weighted by Crippen LogP contribution is -1.97. The topological polar surface area (TPSA) is 58.9 Å². The van der Waals surface area contributed by atoms with E-state index in [-0.39, 0.29) is 0 Å². The minimum Gasteiger partial charge on any atom is -0.387 e. The third kappa shape index (κ3) is 8.89. The van der Waals surface area contributed by atoms with Crippen LogP contribution in [0.1, 0.15) is 52.9 Å². The van der Waals surface area contributed by atoms with Crippen molar-refractivity contribution in [1.29, 1.82) is 0 Å². The van der Waals surface area contributed by atoms with Crippen LogP contribution in [-0.2, 0) is 0 Å². The van der Waals surface area contributed by atoms with Crippen LogP contribution in [0.25, 0.3) is 0 Å². The highest BCUT2D eigenvalue weighted by atomic mass is 79.9. The number of halogens is 1. The molecule has 0 aliphatic heterocycles. The molecule has 0 aliphatic rings. The van der Waals surface area contributed by atoms with E-state index in [2.05, 4.69) is 50.8 Å². The molecule has 3 aromatic heterocycles. The van der Waals surface area contributed by atoms with Gasteiger partial charge in [0.1, 0.15) is 0 Å². The summed E-state index contributed by atoms with van der Waals surface area (Å²) in [6, 6.07) is 11.8. The molecular weight excluding hydrogens is 402 g/mol. The van der Waals surface area contributed by atoms with Crippen LogP contribution in [-0.4, -0.2) is 20.1 Å². The molecule has 0 saturated carbocycles. The fourth-order valence-corrected chi connectivity index (χ4v) is 2.78. The number of alkyl halides is 1. The highest BCUT2D eigenvalue weighted by Crippen LogP contribution is 2.21. The summed E-state index contributed by atoms with van der Waals surface area (Å²) in [7, 11) is 0. The molecule has 3 heterocycles. The molecule has 4 nitrogen and oxygen atoms in total. The van der Waals surface area contributed by atoms with E-state index in [0.29, 0.717) is 4.83 Å². The second kappa shape index (κ2) is 12.3. The van der Waals surface area contributed by atoms with Gasteiger partial charge in [0, 0.05) is 24.8 Å². The van der Waals surface area contributed by atoms with Gasteiger partial charge in [-0.2, -0.15) is 0 Å². The number of aromatic nitrogens is 3. The molecule has 0 aromatic carbocycles. The second-order valence-corrected chi connectivity index (χ2v) is 7.61. The van der Waals surface area contributed by atoms with E-state index >= 15 is 0 Å². The molecule has 144 valence electrons. The lowest BCUT2D eigenvalue weighted by atomic mass is 10.1. The van der Waals surface area contributed by atoms with E-state index in [0.717, 1.165) is 17.0 Å². The summed E-state index contributed by atoms with van der Waals surface area (Å²) in [5, 5.41) is 9.14. The van der Waals surface area contributed by atoms with Crippen LogP contribution in [0, 0.1) is 20.8 Å². The summed E-state index contributed by atoms with van der Waals surface area (Å²) in [6.07, 6.45) is 6.66. The Morgan fingerprint density at radius 2 is 1.33 bits per heavy atom. The maximum absolute atomic E-state index is 9.14. The molecule has 2 unspecified atom stereocenters. The summed E-state index contributed by atoms with van der Waals surface area (Å²) in [4.78, 5) is 12.5. The van der Waals surface area contributed by atoms with Crippen LogP contribution in [0.3, 0.4) is 0 Å². The van der Waals surface area contributed by atoms with Gasteiger partial charge < -0.3 is 5.11 Å². The van der Waals surface area contributed by atoms with E-state index in [1.54, 1.807) is 19.3 Å². The lowest BCUT2D eigenvalue weighted by molar-refractivity contribution is 0.193. The number of hydrogen-bond acceptors (Lipinski definition) is 4. The van der Waals surface area contributed by atoms with E-state index < -0.39 is 6.10 Å². The zero-order valence-corrected chi connectivity index (χ0v) is 18.2. The first-order valence-electron chi connectivity index (χ1n) is 8.84. The summed E-state index contributed by atoms with van der Waals surface area (Å²) in [5.74, 6) is 0. The molecule has 0 saturated heterocycles. The summed E-state index contributed by atoms with van der Waals surface area (Å²) in [5.41, 5.74) is 5.39. The van der Waals surface area contributed by atoms with E-state index in [9.17, 15) is 0 Å². The number of nitrogens with zero attached hydrogens (tertiary/aromatic N) is 3. The molecule has 0 bridgehead atoms. The highest BCUT2D eigenvalue weighted by Gasteiger charge is 2.04. The average molecular weight is 430 g/mol. The molecule has 0 spiro atoms. The Hall–Kier alpha value is -2.11. The molecule has 3 aromatic rings. The number of aryl methyl sites for hydroxylation is 3. The Kier molecular flexibility index (Phi) is 10.5. The van der Waals surface area contributed by atoms with Gasteiger partial charge >= 0.3 is 0 Å². The van der Waals surface area contributed by atoms with Crippen LogP contribution < -0.4 is 0 Å². The predicted molar refractivity (Wildman–Crippen MR) is 115 cm³/mol. The van der Waals surface area contributed by atoms with Gasteiger partial charge in [0.15, 0.2) is 0 Å². The van der Waals surface area contributed by atoms with E-state index in [1.165, 1.54) is 11.1 Å². The summed E-state index contributed by atoms with van der Waals surface area (Å²) >= 11 is 3.47. The number of aliphatic hydroxyl groups is 1. The Bertz CT molecular complexity index is 743. The van der Waals surface area contributed by atoms with Crippen molar-refractivity contribution in [3.05, 3.63) is 89.3 Å². The van der Waals surface area contributed by atoms with Crippen molar-refractivity contribution >= 4 is 15.9 Å². The number of aliphatic hydroxyl groups excluding tert-OH is 1. The summed E-state index contributed by atoms with van der Waals surface area (Å²) < 4.78 is 0. The third-order valence-electron chi connectivity index (χ3n) is 3.68. The van der Waals surface area contributed by atoms with Crippen molar-refractivity contribution in [3.63, 3.8) is 0 Å². The molecule has 2 atom stereocenters. The van der Waals surface area contributed by atoms with Crippen LogP contribution >= 0.6 is 15.9 Å². The number of hydrogen-bond donors (Lipinski definition) is 1. The molecule has 0 aliphatic carbocycles. The molecule has 0 amide bonds. The zero-order chi connectivity index (χ0) is 20.2. The molecule has 3 rings (SSSR count). The summed E-state index contributed by atoms with van der Waals surface area (Å²) in [6.45, 7) is 9.83. The van der Waals surface area contributed by atoms with Crippen LogP contribution in [0.15, 0.2) is 61.2 Å². The molecule has 1 N–H and O–H groups in total. The molecule has 5 heteroatoms. The lowest BCUT2D eigenvalue weighted by Gasteiger charge is -2.05. The van der Waals surface area contributed by atoms with Crippen molar-refractivity contribution in [2.24, 2.45) is 0 Å². The maximum atomic E-state index is 9.14. The fraction of sp³-hybridized carbons (Fsp3) is 0.318. The minimum absolute atomic E-state index is 0.355. The maximum Gasteiger partial charge on any atom is 0.0934 e. The predicted octanol–water partition coefficient (Wildman–Crippen LogP) is 5.68. The van der Waals surface area contributed by atoms with Gasteiger partial charge in [0.05, 0.1) is 22.3 Å². The molecule has 27 heavy (non-hydrogen) atoms. The van der Waals surface area contributed by atoms with Gasteiger partial charge in [-0.1, -0.05) is 34.1 Å². The van der Waals surface area contributed by atoms with Gasteiger partial charge in [0.2, 0.25) is 0 Å².